The molecule has 1 saturated carbocycles. The van der Waals surface area contributed by atoms with E-state index in [1.807, 2.05) is 21.1 Å². The van der Waals surface area contributed by atoms with Gasteiger partial charge in [-0.1, -0.05) is 6.42 Å². The standard InChI is InChI=1S/C20H39N5O2.HI/c1-21-19(23-16-20(9-6-10-20)11-15-27-4)22-12-7-14-25-13-5-8-17(25)18(26)24(2)3;/h17H,5-16H2,1-4H3,(H2,21,22,23);1H. The Morgan fingerprint density at radius 1 is 1.29 bits per heavy atom. The second-order valence-electron chi connectivity index (χ2n) is 8.23. The third kappa shape index (κ3) is 7.33. The first-order valence-electron chi connectivity index (χ1n) is 10.4. The number of hydrogen-bond acceptors (Lipinski definition) is 4. The number of ether oxygens (including phenoxy) is 1. The van der Waals surface area contributed by atoms with Crippen molar-refractivity contribution in [3.63, 3.8) is 0 Å². The Bertz CT molecular complexity index is 497. The van der Waals surface area contributed by atoms with Crippen LogP contribution in [0, 0.1) is 5.41 Å². The van der Waals surface area contributed by atoms with Crippen molar-refractivity contribution in [2.24, 2.45) is 10.4 Å². The van der Waals surface area contributed by atoms with Crippen molar-refractivity contribution in [2.45, 2.75) is 51.0 Å². The van der Waals surface area contributed by atoms with Crippen LogP contribution in [0.25, 0.3) is 0 Å². The van der Waals surface area contributed by atoms with E-state index in [1.165, 1.54) is 19.3 Å². The van der Waals surface area contributed by atoms with Gasteiger partial charge in [-0.15, -0.1) is 24.0 Å². The molecule has 28 heavy (non-hydrogen) atoms. The third-order valence-electron chi connectivity index (χ3n) is 6.11. The van der Waals surface area contributed by atoms with Crippen molar-refractivity contribution >= 4 is 35.8 Å². The number of methoxy groups -OCH3 is 1. The second-order valence-corrected chi connectivity index (χ2v) is 8.23. The first-order valence-corrected chi connectivity index (χ1v) is 10.4. The Labute approximate surface area is 188 Å². The van der Waals surface area contributed by atoms with Crippen molar-refractivity contribution < 1.29 is 9.53 Å². The summed E-state index contributed by atoms with van der Waals surface area (Å²) < 4.78 is 5.27. The largest absolute Gasteiger partial charge is 0.385 e. The summed E-state index contributed by atoms with van der Waals surface area (Å²) in [6.07, 6.45) is 8.09. The highest BCUT2D eigenvalue weighted by molar-refractivity contribution is 14.0. The maximum Gasteiger partial charge on any atom is 0.239 e. The predicted molar refractivity (Wildman–Crippen MR) is 125 cm³/mol. The van der Waals surface area contributed by atoms with Gasteiger partial charge in [-0.05, 0) is 50.5 Å². The van der Waals surface area contributed by atoms with Crippen LogP contribution in [0.1, 0.15) is 44.9 Å². The van der Waals surface area contributed by atoms with Crippen LogP contribution in [-0.4, -0.2) is 88.7 Å². The van der Waals surface area contributed by atoms with Gasteiger partial charge >= 0.3 is 0 Å². The van der Waals surface area contributed by atoms with Gasteiger partial charge in [0, 0.05) is 54.5 Å². The number of halogens is 1. The molecule has 1 heterocycles. The van der Waals surface area contributed by atoms with Gasteiger partial charge in [-0.2, -0.15) is 0 Å². The SMILES string of the molecule is CN=C(NCCCN1CCCC1C(=O)N(C)C)NCC1(CCOC)CCC1.I. The Balaban J connectivity index is 0.00000392. The maximum absolute atomic E-state index is 12.3. The molecule has 0 aromatic rings. The molecule has 0 radical (unpaired) electrons. The van der Waals surface area contributed by atoms with Crippen molar-refractivity contribution in [1.82, 2.24) is 20.4 Å². The normalized spacial score (nSPS) is 21.6. The summed E-state index contributed by atoms with van der Waals surface area (Å²) in [6, 6.07) is 0.0664. The second kappa shape index (κ2) is 12.8. The first kappa shape index (κ1) is 25.4. The number of nitrogens with one attached hydrogen (secondary N) is 2. The van der Waals surface area contributed by atoms with Gasteiger partial charge in [0.15, 0.2) is 5.96 Å². The number of likely N-dealkylation sites (N-methyl/N-ethyl adjacent to an activating group) is 1. The zero-order valence-corrected chi connectivity index (χ0v) is 20.5. The summed E-state index contributed by atoms with van der Waals surface area (Å²) in [5.74, 6) is 1.11. The molecule has 1 aliphatic carbocycles. The molecule has 164 valence electrons. The number of guanidine groups is 1. The quantitative estimate of drug-likeness (QED) is 0.204. The van der Waals surface area contributed by atoms with E-state index in [-0.39, 0.29) is 35.9 Å². The zero-order valence-electron chi connectivity index (χ0n) is 18.1. The minimum Gasteiger partial charge on any atom is -0.385 e. The number of aliphatic imine (C=N–C) groups is 1. The summed E-state index contributed by atoms with van der Waals surface area (Å²) in [4.78, 5) is 20.7. The molecule has 1 amide bonds. The van der Waals surface area contributed by atoms with Crippen LogP contribution in [0.2, 0.25) is 0 Å². The van der Waals surface area contributed by atoms with E-state index >= 15 is 0 Å². The Kier molecular flexibility index (Phi) is 11.7. The maximum atomic E-state index is 12.3. The molecule has 2 N–H and O–H groups in total. The van der Waals surface area contributed by atoms with Crippen LogP contribution in [0.4, 0.5) is 0 Å². The fourth-order valence-corrected chi connectivity index (χ4v) is 4.16. The van der Waals surface area contributed by atoms with E-state index in [4.69, 9.17) is 4.74 Å². The Morgan fingerprint density at radius 3 is 2.61 bits per heavy atom. The first-order chi connectivity index (χ1) is 13.0. The summed E-state index contributed by atoms with van der Waals surface area (Å²) in [5, 5.41) is 6.92. The summed E-state index contributed by atoms with van der Waals surface area (Å²) in [6.45, 7) is 4.63. The lowest BCUT2D eigenvalue weighted by Crippen LogP contribution is -2.47. The minimum absolute atomic E-state index is 0. The van der Waals surface area contributed by atoms with Crippen LogP contribution >= 0.6 is 24.0 Å². The molecule has 7 nitrogen and oxygen atoms in total. The minimum atomic E-state index is 0. The van der Waals surface area contributed by atoms with Gasteiger partial charge < -0.3 is 20.3 Å². The molecule has 2 fully saturated rings. The molecule has 1 unspecified atom stereocenters. The number of amides is 1. The molecule has 1 aliphatic heterocycles. The van der Waals surface area contributed by atoms with Gasteiger partial charge in [0.2, 0.25) is 5.91 Å². The molecule has 2 aliphatic rings. The molecule has 1 atom stereocenters. The highest BCUT2D eigenvalue weighted by atomic mass is 127. The number of carbonyl (C=O) groups excluding carboxylic acids is 1. The molecule has 0 bridgehead atoms. The molecule has 2 rings (SSSR count). The topological polar surface area (TPSA) is 69.2 Å². The van der Waals surface area contributed by atoms with Gasteiger partial charge in [0.1, 0.15) is 0 Å². The molecule has 0 aromatic heterocycles. The Morgan fingerprint density at radius 2 is 2.04 bits per heavy atom. The molecule has 0 aromatic carbocycles. The zero-order chi connectivity index (χ0) is 19.7. The average molecular weight is 509 g/mol. The monoisotopic (exact) mass is 509 g/mol. The van der Waals surface area contributed by atoms with Crippen molar-refractivity contribution in [1.29, 1.82) is 0 Å². The van der Waals surface area contributed by atoms with Gasteiger partial charge in [0.25, 0.3) is 0 Å². The predicted octanol–water partition coefficient (Wildman–Crippen LogP) is 1.92. The summed E-state index contributed by atoms with van der Waals surface area (Å²) in [7, 11) is 7.29. The number of carbonyl (C=O) groups is 1. The number of nitrogens with zero attached hydrogens (tertiary/aromatic N) is 3. The van der Waals surface area contributed by atoms with E-state index in [2.05, 4.69) is 20.5 Å². The van der Waals surface area contributed by atoms with Crippen LogP contribution < -0.4 is 10.6 Å². The van der Waals surface area contributed by atoms with E-state index in [0.717, 1.165) is 64.4 Å². The number of hydrogen-bond donors (Lipinski definition) is 2. The molecule has 8 heteroatoms. The van der Waals surface area contributed by atoms with E-state index in [9.17, 15) is 4.79 Å². The summed E-state index contributed by atoms with van der Waals surface area (Å²) >= 11 is 0. The van der Waals surface area contributed by atoms with E-state index in [1.54, 1.807) is 12.0 Å². The number of likely N-dealkylation sites (tertiary alicyclic amines) is 1. The fourth-order valence-electron chi connectivity index (χ4n) is 4.16. The number of rotatable bonds is 10. The lowest BCUT2D eigenvalue weighted by molar-refractivity contribution is -0.133. The fraction of sp³-hybridized carbons (Fsp3) is 0.900. The van der Waals surface area contributed by atoms with Crippen molar-refractivity contribution in [3.8, 4) is 0 Å². The smallest absolute Gasteiger partial charge is 0.239 e. The molecule has 0 spiro atoms. The van der Waals surface area contributed by atoms with Crippen LogP contribution in [0.3, 0.4) is 0 Å². The highest BCUT2D eigenvalue weighted by Crippen LogP contribution is 2.43. The molecule has 1 saturated heterocycles. The van der Waals surface area contributed by atoms with Crippen molar-refractivity contribution in [3.05, 3.63) is 0 Å². The van der Waals surface area contributed by atoms with Gasteiger partial charge in [-0.25, -0.2) is 0 Å². The van der Waals surface area contributed by atoms with Gasteiger partial charge in [0.05, 0.1) is 6.04 Å². The van der Waals surface area contributed by atoms with E-state index in [0.29, 0.717) is 5.41 Å². The third-order valence-corrected chi connectivity index (χ3v) is 6.11. The Hall–Kier alpha value is -0.610. The lowest BCUT2D eigenvalue weighted by Gasteiger charge is -2.42. The van der Waals surface area contributed by atoms with E-state index < -0.39 is 0 Å². The summed E-state index contributed by atoms with van der Waals surface area (Å²) in [5.41, 5.74) is 0.378. The van der Waals surface area contributed by atoms with Crippen LogP contribution in [0.15, 0.2) is 4.99 Å². The molecular weight excluding hydrogens is 469 g/mol. The van der Waals surface area contributed by atoms with Crippen molar-refractivity contribution in [2.75, 3.05) is 61.0 Å². The molecular formula is C20H40IN5O2. The van der Waals surface area contributed by atoms with Gasteiger partial charge in [-0.3, -0.25) is 14.7 Å². The lowest BCUT2D eigenvalue weighted by atomic mass is 9.67. The highest BCUT2D eigenvalue weighted by Gasteiger charge is 2.36. The average Bonchev–Trinajstić information content (AvgIpc) is 3.09. The van der Waals surface area contributed by atoms with Crippen LogP contribution in [-0.2, 0) is 9.53 Å². The van der Waals surface area contributed by atoms with Crippen LogP contribution in [0.5, 0.6) is 0 Å².